The van der Waals surface area contributed by atoms with Crippen LogP contribution in [0.15, 0.2) is 24.3 Å². The fourth-order valence-electron chi connectivity index (χ4n) is 2.57. The van der Waals surface area contributed by atoms with Crippen molar-refractivity contribution in [1.82, 2.24) is 0 Å². The zero-order valence-electron chi connectivity index (χ0n) is 19.8. The van der Waals surface area contributed by atoms with Crippen molar-refractivity contribution in [3.63, 3.8) is 0 Å². The first-order valence-electron chi connectivity index (χ1n) is 11.3. The monoisotopic (exact) mass is 512 g/mol. The molecule has 4 N–H and O–H groups in total. The van der Waals surface area contributed by atoms with Crippen molar-refractivity contribution in [2.75, 3.05) is 13.2 Å². The van der Waals surface area contributed by atoms with Crippen molar-refractivity contribution in [3.05, 3.63) is 35.4 Å². The van der Waals surface area contributed by atoms with Crippen molar-refractivity contribution in [2.24, 2.45) is 0 Å². The minimum atomic E-state index is -1.06. The minimum Gasteiger partial charge on any atom is -0.481 e. The summed E-state index contributed by atoms with van der Waals surface area (Å²) in [4.78, 5) is 63.9. The van der Waals surface area contributed by atoms with Gasteiger partial charge in [0.05, 0.1) is 24.3 Å². The van der Waals surface area contributed by atoms with Crippen LogP contribution in [0.2, 0.25) is 0 Å². The molecule has 0 amide bonds. The van der Waals surface area contributed by atoms with Gasteiger partial charge in [-0.15, -0.1) is 0 Å². The van der Waals surface area contributed by atoms with Gasteiger partial charge in [-0.3, -0.25) is 19.2 Å². The van der Waals surface area contributed by atoms with E-state index in [9.17, 15) is 28.8 Å². The highest BCUT2D eigenvalue weighted by atomic mass is 16.5. The molecule has 0 atom stereocenters. The lowest BCUT2D eigenvalue weighted by atomic mass is 10.1. The molecule has 1 rings (SSSR count). The Hall–Kier alpha value is -3.96. The number of aromatic carboxylic acids is 2. The zero-order valence-corrected chi connectivity index (χ0v) is 19.8. The maximum Gasteiger partial charge on any atom is 0.335 e. The van der Waals surface area contributed by atoms with Crippen LogP contribution in [0.1, 0.15) is 84.9 Å². The van der Waals surface area contributed by atoms with Crippen molar-refractivity contribution < 1.29 is 58.7 Å². The molecule has 1 aromatic carbocycles. The highest BCUT2D eigenvalue weighted by molar-refractivity contribution is 5.91. The number of esters is 2. The topological polar surface area (TPSA) is 202 Å². The van der Waals surface area contributed by atoms with Gasteiger partial charge in [-0.2, -0.15) is 0 Å². The molecule has 0 heterocycles. The average Bonchev–Trinajstić information content (AvgIpc) is 2.82. The maximum atomic E-state index is 11.3. The lowest BCUT2D eigenvalue weighted by Crippen LogP contribution is -2.09. The van der Waals surface area contributed by atoms with Crippen molar-refractivity contribution >= 4 is 35.8 Å². The number of hydrogen-bond acceptors (Lipinski definition) is 8. The number of ether oxygens (including phenoxy) is 2. The molecule has 0 aliphatic carbocycles. The molecule has 12 nitrogen and oxygen atoms in total. The summed E-state index contributed by atoms with van der Waals surface area (Å²) in [5.74, 6) is -4.58. The van der Waals surface area contributed by atoms with Gasteiger partial charge < -0.3 is 29.9 Å². The van der Waals surface area contributed by atoms with Crippen LogP contribution in [0.3, 0.4) is 0 Å². The second-order valence-electron chi connectivity index (χ2n) is 7.54. The molecule has 0 unspecified atom stereocenters. The Bertz CT molecular complexity index is 789. The molecule has 0 aromatic heterocycles. The molecule has 36 heavy (non-hydrogen) atoms. The van der Waals surface area contributed by atoms with E-state index in [1.165, 1.54) is 24.3 Å². The summed E-state index contributed by atoms with van der Waals surface area (Å²) in [6.45, 7) is 0.488. The van der Waals surface area contributed by atoms with Crippen LogP contribution in [-0.4, -0.2) is 69.5 Å². The Morgan fingerprint density at radius 1 is 0.500 bits per heavy atom. The second kappa shape index (κ2) is 19.4. The van der Waals surface area contributed by atoms with Crippen LogP contribution < -0.4 is 0 Å². The molecule has 0 bridgehead atoms. The van der Waals surface area contributed by atoms with E-state index < -0.39 is 23.9 Å². The summed E-state index contributed by atoms with van der Waals surface area (Å²) in [7, 11) is 0. The van der Waals surface area contributed by atoms with E-state index in [2.05, 4.69) is 0 Å². The lowest BCUT2D eigenvalue weighted by molar-refractivity contribution is -0.146. The molecule has 0 radical (unpaired) electrons. The van der Waals surface area contributed by atoms with Gasteiger partial charge in [0.15, 0.2) is 0 Å². The number of aliphatic carboxylic acids is 2. The van der Waals surface area contributed by atoms with Gasteiger partial charge in [0.1, 0.15) is 0 Å². The number of carboxylic acids is 4. The molecule has 0 aliphatic rings. The molecule has 200 valence electrons. The molecule has 0 saturated heterocycles. The smallest absolute Gasteiger partial charge is 0.335 e. The Kier molecular flexibility index (Phi) is 17.2. The largest absolute Gasteiger partial charge is 0.481 e. The Balaban J connectivity index is 0.000000846. The molecule has 1 aromatic rings. The van der Waals surface area contributed by atoms with E-state index >= 15 is 0 Å². The van der Waals surface area contributed by atoms with Crippen LogP contribution in [0.5, 0.6) is 0 Å². The highest BCUT2D eigenvalue weighted by Gasteiger charge is 2.07. The Morgan fingerprint density at radius 2 is 0.806 bits per heavy atom. The predicted octanol–water partition coefficient (Wildman–Crippen LogP) is 3.23. The maximum absolute atomic E-state index is 11.3. The molecular weight excluding hydrogens is 480 g/mol. The number of unbranched alkanes of at least 4 members (excludes halogenated alkanes) is 3. The second-order valence-corrected chi connectivity index (χ2v) is 7.54. The van der Waals surface area contributed by atoms with Gasteiger partial charge in [-0.05, 0) is 62.8 Å². The zero-order chi connectivity index (χ0) is 27.3. The van der Waals surface area contributed by atoms with E-state index in [0.29, 0.717) is 38.5 Å². The van der Waals surface area contributed by atoms with Gasteiger partial charge in [0.25, 0.3) is 0 Å². The van der Waals surface area contributed by atoms with Crippen molar-refractivity contribution in [2.45, 2.75) is 64.2 Å². The number of carbonyl (C=O) groups is 6. The van der Waals surface area contributed by atoms with Crippen LogP contribution in [0.25, 0.3) is 0 Å². The summed E-state index contributed by atoms with van der Waals surface area (Å²) in [6.07, 6.45) is 3.55. The van der Waals surface area contributed by atoms with Crippen LogP contribution in [-0.2, 0) is 28.7 Å². The molecular formula is C24H32O12. The fraction of sp³-hybridized carbons (Fsp3) is 0.500. The predicted molar refractivity (Wildman–Crippen MR) is 124 cm³/mol. The van der Waals surface area contributed by atoms with E-state index in [1.807, 2.05) is 0 Å². The minimum absolute atomic E-state index is 0.0506. The first-order valence-corrected chi connectivity index (χ1v) is 11.3. The van der Waals surface area contributed by atoms with Gasteiger partial charge >= 0.3 is 35.8 Å². The van der Waals surface area contributed by atoms with E-state index in [4.69, 9.17) is 29.9 Å². The summed E-state index contributed by atoms with van der Waals surface area (Å²) in [5.41, 5.74) is 0.167. The number of hydrogen-bond donors (Lipinski definition) is 4. The first-order chi connectivity index (χ1) is 17.0. The van der Waals surface area contributed by atoms with E-state index in [1.54, 1.807) is 0 Å². The molecule has 0 fully saturated rings. The van der Waals surface area contributed by atoms with E-state index in [-0.39, 0.29) is 62.0 Å². The fourth-order valence-corrected chi connectivity index (χ4v) is 2.57. The SMILES string of the molecule is O=C(O)CCCCC(=O)OCCCCOC(=O)CCCCC(=O)O.O=C(O)c1ccc(C(=O)O)cc1. The lowest BCUT2D eigenvalue weighted by Gasteiger charge is -2.06. The van der Waals surface area contributed by atoms with Gasteiger partial charge in [0, 0.05) is 25.7 Å². The quantitative estimate of drug-likeness (QED) is 0.175. The molecule has 12 heteroatoms. The Morgan fingerprint density at radius 3 is 1.08 bits per heavy atom. The van der Waals surface area contributed by atoms with Gasteiger partial charge in [-0.1, -0.05) is 0 Å². The van der Waals surface area contributed by atoms with Crippen LogP contribution in [0.4, 0.5) is 0 Å². The summed E-state index contributed by atoms with van der Waals surface area (Å²) >= 11 is 0. The van der Waals surface area contributed by atoms with Crippen molar-refractivity contribution in [1.29, 1.82) is 0 Å². The third-order valence-electron chi connectivity index (χ3n) is 4.49. The standard InChI is InChI=1S/C16H26O8.C8H6O4/c17-13(18)7-1-3-9-15(21)23-11-5-6-12-24-16(22)10-4-2-8-14(19)20;9-7(10)5-1-2-6(4-3-5)8(11)12/h1-12H2,(H,17,18)(H,19,20);1-4H,(H,9,10)(H,11,12). The highest BCUT2D eigenvalue weighted by Crippen LogP contribution is 2.05. The molecule has 0 saturated carbocycles. The number of carboxylic acid groups (broad SMARTS) is 4. The number of benzene rings is 1. The normalized spacial score (nSPS) is 9.89. The van der Waals surface area contributed by atoms with Gasteiger partial charge in [-0.25, -0.2) is 9.59 Å². The Labute approximate surface area is 207 Å². The summed E-state index contributed by atoms with van der Waals surface area (Å²) in [5, 5.41) is 33.8. The number of carbonyl (C=O) groups excluding carboxylic acids is 2. The van der Waals surface area contributed by atoms with Gasteiger partial charge in [0.2, 0.25) is 0 Å². The average molecular weight is 513 g/mol. The third kappa shape index (κ3) is 18.5. The summed E-state index contributed by atoms with van der Waals surface area (Å²) in [6, 6.07) is 5.02. The van der Waals surface area contributed by atoms with Crippen LogP contribution in [0, 0.1) is 0 Å². The van der Waals surface area contributed by atoms with E-state index in [0.717, 1.165) is 0 Å². The van der Waals surface area contributed by atoms with Crippen molar-refractivity contribution in [3.8, 4) is 0 Å². The third-order valence-corrected chi connectivity index (χ3v) is 4.49. The molecule has 0 aliphatic heterocycles. The molecule has 0 spiro atoms. The summed E-state index contributed by atoms with van der Waals surface area (Å²) < 4.78 is 9.95. The van der Waals surface area contributed by atoms with Crippen LogP contribution >= 0.6 is 0 Å². The first kappa shape index (κ1) is 32.0. The number of rotatable bonds is 17.